The zero-order chi connectivity index (χ0) is 22.1. The molecule has 0 saturated heterocycles. The highest BCUT2D eigenvalue weighted by atomic mass is 19.1. The van der Waals surface area contributed by atoms with Crippen molar-refractivity contribution in [3.63, 3.8) is 0 Å². The van der Waals surface area contributed by atoms with E-state index in [1.54, 1.807) is 12.1 Å². The lowest BCUT2D eigenvalue weighted by molar-refractivity contribution is -0.114. The van der Waals surface area contributed by atoms with Crippen LogP contribution < -0.4 is 10.1 Å². The van der Waals surface area contributed by atoms with E-state index < -0.39 is 11.9 Å². The molecule has 1 unspecified atom stereocenters. The zero-order valence-corrected chi connectivity index (χ0v) is 17.7. The van der Waals surface area contributed by atoms with Crippen LogP contribution >= 0.6 is 0 Å². The molecular weight excluding hydrogens is 387 g/mol. The Balaban J connectivity index is 1.89. The van der Waals surface area contributed by atoms with E-state index in [4.69, 9.17) is 4.74 Å². The van der Waals surface area contributed by atoms with Crippen LogP contribution in [0.3, 0.4) is 0 Å². The lowest BCUT2D eigenvalue weighted by atomic mass is 9.75. The molecule has 6 nitrogen and oxygen atoms in total. The van der Waals surface area contributed by atoms with Crippen LogP contribution in [0.4, 0.5) is 14.9 Å². The van der Waals surface area contributed by atoms with Crippen molar-refractivity contribution in [2.24, 2.45) is 5.41 Å². The van der Waals surface area contributed by atoms with Gasteiger partial charge in [-0.2, -0.15) is 0 Å². The Kier molecular flexibility index (Phi) is 6.01. The number of amides is 2. The number of fused-ring (bicyclic) bond motifs is 1. The van der Waals surface area contributed by atoms with Crippen molar-refractivity contribution in [2.45, 2.75) is 40.0 Å². The predicted octanol–water partition coefficient (Wildman–Crippen LogP) is 5.24. The smallest absolute Gasteiger partial charge is 0.407 e. The van der Waals surface area contributed by atoms with Crippen molar-refractivity contribution < 1.29 is 23.8 Å². The molecule has 7 heteroatoms. The third-order valence-electron chi connectivity index (χ3n) is 5.34. The van der Waals surface area contributed by atoms with Crippen molar-refractivity contribution in [1.82, 2.24) is 4.90 Å². The van der Waals surface area contributed by atoms with Crippen LogP contribution in [0.25, 0.3) is 0 Å². The van der Waals surface area contributed by atoms with Gasteiger partial charge in [-0.25, -0.2) is 9.18 Å². The molecule has 0 bridgehead atoms. The molecule has 0 fully saturated rings. The number of nitrogens with one attached hydrogen (secondary N) is 1. The molecule has 2 N–H and O–H groups in total. The van der Waals surface area contributed by atoms with Crippen LogP contribution in [0.5, 0.6) is 11.5 Å². The summed E-state index contributed by atoms with van der Waals surface area (Å²) in [4.78, 5) is 24.2. The third kappa shape index (κ3) is 4.90. The summed E-state index contributed by atoms with van der Waals surface area (Å²) < 4.78 is 20.2. The number of anilines is 1. The summed E-state index contributed by atoms with van der Waals surface area (Å²) in [7, 11) is 0. The fraction of sp³-hybridized carbons (Fsp3) is 0.391. The Labute approximate surface area is 175 Å². The van der Waals surface area contributed by atoms with Gasteiger partial charge in [0.05, 0.1) is 0 Å². The normalized spacial score (nSPS) is 16.4. The van der Waals surface area contributed by atoms with Crippen LogP contribution in [0.2, 0.25) is 0 Å². The van der Waals surface area contributed by atoms with Gasteiger partial charge in [-0.05, 0) is 47.2 Å². The second kappa shape index (κ2) is 8.34. The van der Waals surface area contributed by atoms with Crippen molar-refractivity contribution in [1.29, 1.82) is 0 Å². The number of nitrogens with zero attached hydrogens (tertiary/aromatic N) is 1. The van der Waals surface area contributed by atoms with E-state index in [0.717, 1.165) is 11.1 Å². The van der Waals surface area contributed by atoms with Gasteiger partial charge >= 0.3 is 6.09 Å². The Hall–Kier alpha value is -3.09. The maximum Gasteiger partial charge on any atom is 0.407 e. The number of hydrogen-bond donors (Lipinski definition) is 2. The van der Waals surface area contributed by atoms with E-state index in [1.165, 1.54) is 24.0 Å². The molecule has 0 saturated carbocycles. The fourth-order valence-electron chi connectivity index (χ4n) is 3.77. The van der Waals surface area contributed by atoms with Gasteiger partial charge in [0, 0.05) is 37.7 Å². The molecule has 160 valence electrons. The van der Waals surface area contributed by atoms with Gasteiger partial charge in [0.15, 0.2) is 11.6 Å². The van der Waals surface area contributed by atoms with Gasteiger partial charge in [-0.1, -0.05) is 26.8 Å². The molecule has 1 aliphatic rings. The highest BCUT2D eigenvalue weighted by Gasteiger charge is 2.33. The average Bonchev–Trinajstić information content (AvgIpc) is 2.83. The lowest BCUT2D eigenvalue weighted by Gasteiger charge is -2.33. The van der Waals surface area contributed by atoms with E-state index >= 15 is 0 Å². The van der Waals surface area contributed by atoms with Gasteiger partial charge < -0.3 is 20.1 Å². The number of rotatable bonds is 3. The minimum atomic E-state index is -0.921. The van der Waals surface area contributed by atoms with E-state index in [9.17, 15) is 19.1 Å². The summed E-state index contributed by atoms with van der Waals surface area (Å²) >= 11 is 0. The molecule has 2 aromatic carbocycles. The highest BCUT2D eigenvalue weighted by Crippen LogP contribution is 2.40. The summed E-state index contributed by atoms with van der Waals surface area (Å²) in [5.41, 5.74) is 2.34. The van der Waals surface area contributed by atoms with Gasteiger partial charge in [0.1, 0.15) is 5.75 Å². The predicted molar refractivity (Wildman–Crippen MR) is 113 cm³/mol. The number of carboxylic acid groups (broad SMARTS) is 1. The minimum absolute atomic E-state index is 0.0359. The summed E-state index contributed by atoms with van der Waals surface area (Å²) in [6, 6.07) is 9.85. The largest absolute Gasteiger partial charge is 0.465 e. The summed E-state index contributed by atoms with van der Waals surface area (Å²) in [6.07, 6.45) is -0.357. The Morgan fingerprint density at radius 3 is 2.53 bits per heavy atom. The van der Waals surface area contributed by atoms with Crippen LogP contribution in [-0.2, 0) is 11.2 Å². The first-order chi connectivity index (χ1) is 14.0. The average molecular weight is 414 g/mol. The van der Waals surface area contributed by atoms with Crippen LogP contribution in [0.15, 0.2) is 36.4 Å². The molecule has 0 aromatic heterocycles. The van der Waals surface area contributed by atoms with E-state index in [2.05, 4.69) is 26.1 Å². The standard InChI is InChI=1S/C23H27FN2O4/c1-14(27)25-16-5-8-21(20(24)12-16)30-17-6-7-18-15(11-17)9-10-26(22(28)29)13-19(18)23(2,3)4/h5-8,11-12,19H,9-10,13H2,1-4H3,(H,25,27)(H,28,29). The first-order valence-corrected chi connectivity index (χ1v) is 9.90. The number of halogens is 1. The molecule has 2 aromatic rings. The van der Waals surface area contributed by atoms with Crippen molar-refractivity contribution in [2.75, 3.05) is 18.4 Å². The zero-order valence-electron chi connectivity index (χ0n) is 17.7. The van der Waals surface area contributed by atoms with Gasteiger partial charge in [-0.3, -0.25) is 4.79 Å². The highest BCUT2D eigenvalue weighted by molar-refractivity contribution is 5.88. The maximum absolute atomic E-state index is 14.4. The molecule has 1 atom stereocenters. The maximum atomic E-state index is 14.4. The van der Waals surface area contributed by atoms with Crippen molar-refractivity contribution >= 4 is 17.7 Å². The van der Waals surface area contributed by atoms with E-state index in [0.29, 0.717) is 30.9 Å². The molecule has 0 spiro atoms. The monoisotopic (exact) mass is 414 g/mol. The summed E-state index contributed by atoms with van der Waals surface area (Å²) in [5, 5.41) is 12.0. The fourth-order valence-corrected chi connectivity index (χ4v) is 3.77. The Morgan fingerprint density at radius 2 is 1.93 bits per heavy atom. The Bertz CT molecular complexity index is 968. The molecule has 2 amide bonds. The van der Waals surface area contributed by atoms with Gasteiger partial charge in [0.25, 0.3) is 0 Å². The third-order valence-corrected chi connectivity index (χ3v) is 5.34. The number of carbonyl (C=O) groups is 2. The van der Waals surface area contributed by atoms with E-state index in [-0.39, 0.29) is 23.0 Å². The summed E-state index contributed by atoms with van der Waals surface area (Å²) in [6.45, 7) is 8.49. The van der Waals surface area contributed by atoms with Crippen LogP contribution in [-0.4, -0.2) is 35.1 Å². The molecule has 0 radical (unpaired) electrons. The van der Waals surface area contributed by atoms with Crippen LogP contribution in [0.1, 0.15) is 44.7 Å². The Morgan fingerprint density at radius 1 is 1.20 bits per heavy atom. The molecule has 1 aliphatic heterocycles. The SMILES string of the molecule is CC(=O)Nc1ccc(Oc2ccc3c(c2)CCN(C(=O)O)CC3C(C)(C)C)c(F)c1. The first-order valence-electron chi connectivity index (χ1n) is 9.90. The molecule has 3 rings (SSSR count). The topological polar surface area (TPSA) is 78.9 Å². The van der Waals surface area contributed by atoms with Crippen molar-refractivity contribution in [3.8, 4) is 11.5 Å². The molecule has 1 heterocycles. The molecule has 0 aliphatic carbocycles. The van der Waals surface area contributed by atoms with Crippen molar-refractivity contribution in [3.05, 3.63) is 53.3 Å². The van der Waals surface area contributed by atoms with Gasteiger partial charge in [-0.15, -0.1) is 0 Å². The van der Waals surface area contributed by atoms with Crippen LogP contribution in [0, 0.1) is 11.2 Å². The van der Waals surface area contributed by atoms with E-state index in [1.807, 2.05) is 12.1 Å². The first kappa shape index (κ1) is 21.6. The molecule has 30 heavy (non-hydrogen) atoms. The number of carbonyl (C=O) groups excluding carboxylic acids is 1. The summed E-state index contributed by atoms with van der Waals surface area (Å²) in [5.74, 6) is -0.291. The second-order valence-corrected chi connectivity index (χ2v) is 8.69. The van der Waals surface area contributed by atoms with Gasteiger partial charge in [0.2, 0.25) is 5.91 Å². The lowest BCUT2D eigenvalue weighted by Crippen LogP contribution is -2.36. The minimum Gasteiger partial charge on any atom is -0.465 e. The number of benzene rings is 2. The quantitative estimate of drug-likeness (QED) is 0.720. The number of ether oxygens (including phenoxy) is 1. The number of hydrogen-bond acceptors (Lipinski definition) is 3. The molecular formula is C23H27FN2O4. The second-order valence-electron chi connectivity index (χ2n) is 8.69.